The quantitative estimate of drug-likeness (QED) is 0.319. The van der Waals surface area contributed by atoms with Gasteiger partial charge in [-0.05, 0) is 56.2 Å². The number of carbonyl (C=O) groups is 3. The second-order valence-electron chi connectivity index (χ2n) is 10.2. The third-order valence-electron chi connectivity index (χ3n) is 7.21. The topological polar surface area (TPSA) is 89.6 Å². The Morgan fingerprint density at radius 1 is 0.925 bits per heavy atom. The Labute approximate surface area is 233 Å². The molecule has 0 spiro atoms. The average molecular weight is 536 g/mol. The van der Waals surface area contributed by atoms with Crippen LogP contribution in [0.3, 0.4) is 0 Å². The molecule has 2 heterocycles. The van der Waals surface area contributed by atoms with Crippen LogP contribution in [0.4, 0.5) is 11.4 Å². The summed E-state index contributed by atoms with van der Waals surface area (Å²) in [5.41, 5.74) is 4.05. The van der Waals surface area contributed by atoms with Gasteiger partial charge < -0.3 is 9.80 Å². The first kappa shape index (κ1) is 26.9. The normalized spacial score (nSPS) is 15.7. The Balaban J connectivity index is 1.47. The highest BCUT2D eigenvalue weighted by molar-refractivity contribution is 6.11. The lowest BCUT2D eigenvalue weighted by Crippen LogP contribution is -2.46. The molecule has 8 nitrogen and oxygen atoms in total. The maximum atomic E-state index is 14.0. The smallest absolute Gasteiger partial charge is 0.247 e. The van der Waals surface area contributed by atoms with Gasteiger partial charge in [0.2, 0.25) is 17.7 Å². The summed E-state index contributed by atoms with van der Waals surface area (Å²) >= 11 is 0. The fraction of sp³-hybridized carbons (Fsp3) is 0.250. The van der Waals surface area contributed by atoms with Crippen LogP contribution in [0.5, 0.6) is 0 Å². The largest absolute Gasteiger partial charge is 0.308 e. The molecular formula is C32H33N5O3. The Bertz CT molecular complexity index is 1540. The molecule has 0 bridgehead atoms. The molecule has 0 saturated carbocycles. The summed E-state index contributed by atoms with van der Waals surface area (Å²) in [6.45, 7) is 5.77. The van der Waals surface area contributed by atoms with E-state index in [0.29, 0.717) is 11.4 Å². The zero-order chi connectivity index (χ0) is 28.2. The van der Waals surface area contributed by atoms with Crippen molar-refractivity contribution in [2.45, 2.75) is 39.7 Å². The van der Waals surface area contributed by atoms with E-state index in [0.717, 1.165) is 23.0 Å². The van der Waals surface area contributed by atoms with Crippen LogP contribution in [-0.4, -0.2) is 45.4 Å². The van der Waals surface area contributed by atoms with E-state index in [-0.39, 0.29) is 30.8 Å². The van der Waals surface area contributed by atoms with Gasteiger partial charge in [-0.15, -0.1) is 0 Å². The summed E-state index contributed by atoms with van der Waals surface area (Å²) in [7, 11) is 0. The molecule has 204 valence electrons. The van der Waals surface area contributed by atoms with Crippen molar-refractivity contribution in [2.75, 3.05) is 16.3 Å². The molecule has 1 unspecified atom stereocenters. The number of hydrogen-bond donors (Lipinski definition) is 1. The summed E-state index contributed by atoms with van der Waals surface area (Å²) in [6, 6.07) is 24.5. The average Bonchev–Trinajstić information content (AvgIpc) is 3.34. The molecule has 0 fully saturated rings. The minimum Gasteiger partial charge on any atom is -0.308 e. The van der Waals surface area contributed by atoms with Gasteiger partial charge in [0.1, 0.15) is 12.5 Å². The number of hydrogen-bond acceptors (Lipinski definition) is 4. The van der Waals surface area contributed by atoms with E-state index in [9.17, 15) is 14.4 Å². The number of fused-ring (bicyclic) bond motifs is 1. The predicted molar refractivity (Wildman–Crippen MR) is 157 cm³/mol. The second-order valence-corrected chi connectivity index (χ2v) is 10.2. The Kier molecular flexibility index (Phi) is 7.77. The molecule has 0 saturated heterocycles. The fourth-order valence-electron chi connectivity index (χ4n) is 5.09. The van der Waals surface area contributed by atoms with Gasteiger partial charge in [-0.1, -0.05) is 55.5 Å². The first-order valence-corrected chi connectivity index (χ1v) is 13.6. The van der Waals surface area contributed by atoms with Crippen LogP contribution in [-0.2, 0) is 27.2 Å². The summed E-state index contributed by atoms with van der Waals surface area (Å²) in [5, 5.41) is 8.21. The van der Waals surface area contributed by atoms with E-state index in [4.69, 9.17) is 0 Å². The molecule has 4 aromatic rings. The zero-order valence-electron chi connectivity index (χ0n) is 22.9. The van der Waals surface area contributed by atoms with Crippen LogP contribution in [0.1, 0.15) is 32.0 Å². The summed E-state index contributed by atoms with van der Waals surface area (Å²) in [6.07, 6.45) is 4.14. The van der Waals surface area contributed by atoms with Crippen molar-refractivity contribution in [3.63, 3.8) is 0 Å². The molecule has 0 radical (unpaired) electrons. The minimum absolute atomic E-state index is 0.124. The molecule has 1 atom stereocenters. The van der Waals surface area contributed by atoms with E-state index < -0.39 is 11.8 Å². The van der Waals surface area contributed by atoms with Crippen LogP contribution >= 0.6 is 0 Å². The number of nitrogens with one attached hydrogen (secondary N) is 1. The first-order valence-electron chi connectivity index (χ1n) is 13.6. The number of benzene rings is 3. The second kappa shape index (κ2) is 11.6. The van der Waals surface area contributed by atoms with Crippen molar-refractivity contribution >= 4 is 40.0 Å². The molecule has 40 heavy (non-hydrogen) atoms. The van der Waals surface area contributed by atoms with Crippen molar-refractivity contribution in [1.82, 2.24) is 15.1 Å². The van der Waals surface area contributed by atoms with Crippen molar-refractivity contribution in [3.05, 3.63) is 103 Å². The predicted octanol–water partition coefficient (Wildman–Crippen LogP) is 5.07. The standard InChI is InChI=1S/C32H33N5O3/c1-4-23-14-16-25(17-15-23)37(22(2)3)30(38)21-35-18-19-36(24-10-6-5-7-11-24)32(40)27(31(35)39)20-29-26-12-8-9-13-28(26)33-34-29/h5-19,22,27H,4,20-21H2,1-3H3,(H,33,34). The van der Waals surface area contributed by atoms with E-state index in [1.165, 1.54) is 21.6 Å². The summed E-state index contributed by atoms with van der Waals surface area (Å²) in [4.78, 5) is 46.1. The molecule has 0 aliphatic carbocycles. The van der Waals surface area contributed by atoms with Crippen LogP contribution in [0.2, 0.25) is 0 Å². The number of rotatable bonds is 8. The Morgan fingerprint density at radius 3 is 2.33 bits per heavy atom. The van der Waals surface area contributed by atoms with Gasteiger partial charge in [0.05, 0.1) is 5.52 Å². The number of carbonyl (C=O) groups excluding carboxylic acids is 3. The van der Waals surface area contributed by atoms with Gasteiger partial charge in [0, 0.05) is 47.3 Å². The number of anilines is 2. The van der Waals surface area contributed by atoms with Crippen LogP contribution < -0.4 is 9.80 Å². The van der Waals surface area contributed by atoms with E-state index in [2.05, 4.69) is 17.1 Å². The van der Waals surface area contributed by atoms with E-state index in [1.807, 2.05) is 92.7 Å². The van der Waals surface area contributed by atoms with Crippen molar-refractivity contribution < 1.29 is 14.4 Å². The van der Waals surface area contributed by atoms with Crippen molar-refractivity contribution in [1.29, 1.82) is 0 Å². The maximum Gasteiger partial charge on any atom is 0.247 e. The Hall–Kier alpha value is -4.72. The highest BCUT2D eigenvalue weighted by atomic mass is 16.2. The third kappa shape index (κ3) is 5.38. The van der Waals surface area contributed by atoms with E-state index in [1.54, 1.807) is 11.1 Å². The molecule has 1 N–H and O–H groups in total. The SMILES string of the molecule is CCc1ccc(N(C(=O)CN2C=CN(c3ccccc3)C(=O)C(Cc3[nH]nc4ccccc34)C2=O)C(C)C)cc1. The molecular weight excluding hydrogens is 502 g/mol. The van der Waals surface area contributed by atoms with Crippen LogP contribution in [0.15, 0.2) is 91.3 Å². The van der Waals surface area contributed by atoms with Crippen molar-refractivity contribution in [3.8, 4) is 0 Å². The van der Waals surface area contributed by atoms with Gasteiger partial charge in [-0.2, -0.15) is 5.10 Å². The molecule has 3 amide bonds. The molecule has 1 aliphatic rings. The monoisotopic (exact) mass is 535 g/mol. The molecule has 5 rings (SSSR count). The van der Waals surface area contributed by atoms with Crippen LogP contribution in [0.25, 0.3) is 10.9 Å². The summed E-state index contributed by atoms with van der Waals surface area (Å²) in [5.74, 6) is -2.08. The lowest BCUT2D eigenvalue weighted by atomic mass is 9.98. The number of aryl methyl sites for hydroxylation is 1. The third-order valence-corrected chi connectivity index (χ3v) is 7.21. The number of para-hydroxylation sites is 2. The van der Waals surface area contributed by atoms with Crippen molar-refractivity contribution in [2.24, 2.45) is 5.92 Å². The number of aromatic amines is 1. The van der Waals surface area contributed by atoms with Gasteiger partial charge in [0.25, 0.3) is 0 Å². The van der Waals surface area contributed by atoms with Gasteiger partial charge >= 0.3 is 0 Å². The number of H-pyrrole nitrogens is 1. The highest BCUT2D eigenvalue weighted by Crippen LogP contribution is 2.27. The van der Waals surface area contributed by atoms with Gasteiger partial charge in [-0.3, -0.25) is 24.4 Å². The fourth-order valence-corrected chi connectivity index (χ4v) is 5.09. The number of nitrogens with zero attached hydrogens (tertiary/aromatic N) is 4. The molecule has 1 aliphatic heterocycles. The lowest BCUT2D eigenvalue weighted by Gasteiger charge is -2.30. The summed E-state index contributed by atoms with van der Waals surface area (Å²) < 4.78 is 0. The lowest BCUT2D eigenvalue weighted by molar-refractivity contribution is -0.140. The number of aromatic nitrogens is 2. The molecule has 8 heteroatoms. The van der Waals surface area contributed by atoms with Gasteiger partial charge in [-0.25, -0.2) is 0 Å². The maximum absolute atomic E-state index is 14.0. The first-order chi connectivity index (χ1) is 19.4. The van der Waals surface area contributed by atoms with Gasteiger partial charge in [0.15, 0.2) is 0 Å². The molecule has 1 aromatic heterocycles. The Morgan fingerprint density at radius 2 is 1.62 bits per heavy atom. The number of amides is 3. The van der Waals surface area contributed by atoms with Crippen LogP contribution in [0, 0.1) is 5.92 Å². The minimum atomic E-state index is -1.05. The zero-order valence-corrected chi connectivity index (χ0v) is 22.9. The highest BCUT2D eigenvalue weighted by Gasteiger charge is 2.38. The molecule has 3 aromatic carbocycles. The van der Waals surface area contributed by atoms with E-state index >= 15 is 0 Å².